The van der Waals surface area contributed by atoms with Crippen molar-refractivity contribution < 1.29 is 28.3 Å². The number of methoxy groups -OCH3 is 1. The maximum Gasteiger partial charge on any atom is 0.347 e. The van der Waals surface area contributed by atoms with Gasteiger partial charge in [0.15, 0.2) is 0 Å². The normalized spacial score (nSPS) is 11.7. The number of carbonyl (C=O) groups is 3. The molecule has 0 fully saturated rings. The lowest BCUT2D eigenvalue weighted by atomic mass is 10.1. The number of para-hydroxylation sites is 1. The van der Waals surface area contributed by atoms with Crippen molar-refractivity contribution in [3.05, 3.63) is 60.2 Å². The number of amides is 1. The van der Waals surface area contributed by atoms with Crippen molar-refractivity contribution in [3.8, 4) is 11.3 Å². The third-order valence-corrected chi connectivity index (χ3v) is 4.32. The average molecular weight is 395 g/mol. The number of nitrogens with one attached hydrogen (secondary N) is 1. The van der Waals surface area contributed by atoms with Crippen LogP contribution in [0, 0.1) is 0 Å². The fourth-order valence-corrected chi connectivity index (χ4v) is 2.89. The van der Waals surface area contributed by atoms with Gasteiger partial charge in [0.25, 0.3) is 5.91 Å². The van der Waals surface area contributed by atoms with Crippen molar-refractivity contribution in [1.82, 2.24) is 5.32 Å². The molecule has 2 aromatic carbocycles. The Hall–Kier alpha value is -3.61. The van der Waals surface area contributed by atoms with Crippen molar-refractivity contribution >= 4 is 28.8 Å². The van der Waals surface area contributed by atoms with Gasteiger partial charge in [-0.25, -0.2) is 4.79 Å². The molecule has 0 radical (unpaired) electrons. The van der Waals surface area contributed by atoms with Crippen molar-refractivity contribution in [2.24, 2.45) is 0 Å². The Balaban J connectivity index is 1.60. The molecule has 1 aromatic heterocycles. The maximum atomic E-state index is 12.3. The van der Waals surface area contributed by atoms with Crippen LogP contribution in [0.15, 0.2) is 59.0 Å². The van der Waals surface area contributed by atoms with Gasteiger partial charge >= 0.3 is 11.9 Å². The molecule has 0 spiro atoms. The Morgan fingerprint density at radius 1 is 1.07 bits per heavy atom. The summed E-state index contributed by atoms with van der Waals surface area (Å²) in [6, 6.07) is 16.7. The Morgan fingerprint density at radius 3 is 2.45 bits per heavy atom. The molecule has 0 unspecified atom stereocenters. The van der Waals surface area contributed by atoms with Crippen molar-refractivity contribution in [1.29, 1.82) is 0 Å². The molecule has 1 heterocycles. The summed E-state index contributed by atoms with van der Waals surface area (Å²) in [6.45, 7) is 1.36. The lowest BCUT2D eigenvalue weighted by Crippen LogP contribution is -2.33. The molecule has 1 atom stereocenters. The van der Waals surface area contributed by atoms with Crippen molar-refractivity contribution in [2.75, 3.05) is 13.7 Å². The number of esters is 2. The fraction of sp³-hybridized carbons (Fsp3) is 0.227. The van der Waals surface area contributed by atoms with E-state index in [2.05, 4.69) is 10.1 Å². The summed E-state index contributed by atoms with van der Waals surface area (Å²) in [4.78, 5) is 35.0. The van der Waals surface area contributed by atoms with Crippen LogP contribution in [0.25, 0.3) is 22.3 Å². The quantitative estimate of drug-likeness (QED) is 0.617. The van der Waals surface area contributed by atoms with Crippen LogP contribution in [0.1, 0.15) is 23.7 Å². The molecule has 3 rings (SSSR count). The predicted molar refractivity (Wildman–Crippen MR) is 106 cm³/mol. The van der Waals surface area contributed by atoms with E-state index in [4.69, 9.17) is 9.15 Å². The van der Waals surface area contributed by atoms with E-state index < -0.39 is 18.0 Å². The van der Waals surface area contributed by atoms with Crippen LogP contribution in [-0.2, 0) is 19.1 Å². The molecular weight excluding hydrogens is 374 g/mol. The van der Waals surface area contributed by atoms with Crippen LogP contribution < -0.4 is 5.32 Å². The molecule has 7 heteroatoms. The highest BCUT2D eigenvalue weighted by Crippen LogP contribution is 2.27. The monoisotopic (exact) mass is 395 g/mol. The van der Waals surface area contributed by atoms with Crippen LogP contribution in [0.2, 0.25) is 0 Å². The molecule has 150 valence electrons. The van der Waals surface area contributed by atoms with E-state index in [0.29, 0.717) is 5.56 Å². The van der Waals surface area contributed by atoms with Crippen LogP contribution in [0.4, 0.5) is 0 Å². The summed E-state index contributed by atoms with van der Waals surface area (Å²) in [7, 11) is 1.21. The van der Waals surface area contributed by atoms with Crippen LogP contribution in [-0.4, -0.2) is 37.6 Å². The predicted octanol–water partition coefficient (Wildman–Crippen LogP) is 3.32. The van der Waals surface area contributed by atoms with Gasteiger partial charge in [0.2, 0.25) is 6.10 Å². The van der Waals surface area contributed by atoms with E-state index in [0.717, 1.165) is 22.3 Å². The standard InChI is InChI=1S/C22H21NO6/c1-14(24)28-19(22(26)27-2)11-12-23-21(25)16-9-7-15(8-10-16)20-13-17-5-3-4-6-18(17)29-20/h3-10,13,19H,11-12H2,1-2H3,(H,23,25)/t19-/m0/s1. The molecule has 7 nitrogen and oxygen atoms in total. The molecule has 0 saturated heterocycles. The number of hydrogen-bond donors (Lipinski definition) is 1. The van der Waals surface area contributed by atoms with E-state index in [1.807, 2.05) is 42.5 Å². The molecule has 0 aliphatic rings. The molecule has 0 bridgehead atoms. The van der Waals surface area contributed by atoms with Gasteiger partial charge in [0.1, 0.15) is 11.3 Å². The molecule has 0 aliphatic heterocycles. The molecule has 3 aromatic rings. The number of carbonyl (C=O) groups excluding carboxylic acids is 3. The topological polar surface area (TPSA) is 94.8 Å². The number of benzene rings is 2. The first-order valence-corrected chi connectivity index (χ1v) is 9.10. The Labute approximate surface area is 167 Å². The SMILES string of the molecule is COC(=O)[C@H](CCNC(=O)c1ccc(-c2cc3ccccc3o2)cc1)OC(C)=O. The number of furan rings is 1. The zero-order chi connectivity index (χ0) is 20.8. The largest absolute Gasteiger partial charge is 0.466 e. The molecule has 0 saturated carbocycles. The third kappa shape index (κ3) is 5.01. The lowest BCUT2D eigenvalue weighted by Gasteiger charge is -2.14. The second kappa shape index (κ2) is 9.05. The fourth-order valence-electron chi connectivity index (χ4n) is 2.89. The minimum Gasteiger partial charge on any atom is -0.466 e. The molecule has 1 N–H and O–H groups in total. The van der Waals surface area contributed by atoms with Gasteiger partial charge < -0.3 is 19.2 Å². The Bertz CT molecular complexity index is 988. The Morgan fingerprint density at radius 2 is 1.79 bits per heavy atom. The molecule has 1 amide bonds. The number of hydrogen-bond acceptors (Lipinski definition) is 6. The highest BCUT2D eigenvalue weighted by atomic mass is 16.6. The summed E-state index contributed by atoms with van der Waals surface area (Å²) in [6.07, 6.45) is -0.928. The van der Waals surface area contributed by atoms with E-state index in [1.165, 1.54) is 14.0 Å². The van der Waals surface area contributed by atoms with Gasteiger partial charge in [-0.15, -0.1) is 0 Å². The smallest absolute Gasteiger partial charge is 0.347 e. The number of ether oxygens (including phenoxy) is 2. The lowest BCUT2D eigenvalue weighted by molar-refractivity contribution is -0.165. The molecular formula is C22H21NO6. The van der Waals surface area contributed by atoms with Gasteiger partial charge in [0, 0.05) is 36.4 Å². The average Bonchev–Trinajstić information content (AvgIpc) is 3.16. The summed E-state index contributed by atoms with van der Waals surface area (Å²) in [5, 5.41) is 3.71. The zero-order valence-corrected chi connectivity index (χ0v) is 16.1. The zero-order valence-electron chi connectivity index (χ0n) is 16.1. The van der Waals surface area contributed by atoms with Gasteiger partial charge in [-0.1, -0.05) is 30.3 Å². The highest BCUT2D eigenvalue weighted by Gasteiger charge is 2.22. The second-order valence-corrected chi connectivity index (χ2v) is 6.39. The summed E-state index contributed by atoms with van der Waals surface area (Å²) in [5.41, 5.74) is 2.13. The minimum atomic E-state index is -1.05. The second-order valence-electron chi connectivity index (χ2n) is 6.39. The molecule has 0 aliphatic carbocycles. The van der Waals surface area contributed by atoms with Crippen LogP contribution >= 0.6 is 0 Å². The highest BCUT2D eigenvalue weighted by molar-refractivity contribution is 5.94. The van der Waals surface area contributed by atoms with Gasteiger partial charge in [-0.3, -0.25) is 9.59 Å². The van der Waals surface area contributed by atoms with Crippen molar-refractivity contribution in [2.45, 2.75) is 19.4 Å². The van der Waals surface area contributed by atoms with Gasteiger partial charge in [-0.2, -0.15) is 0 Å². The summed E-state index contributed by atoms with van der Waals surface area (Å²) >= 11 is 0. The first kappa shape index (κ1) is 20.1. The van der Waals surface area contributed by atoms with Crippen molar-refractivity contribution in [3.63, 3.8) is 0 Å². The number of fused-ring (bicyclic) bond motifs is 1. The number of rotatable bonds is 7. The van der Waals surface area contributed by atoms with Gasteiger partial charge in [-0.05, 0) is 24.3 Å². The Kier molecular flexibility index (Phi) is 6.29. The third-order valence-electron chi connectivity index (χ3n) is 4.32. The van der Waals surface area contributed by atoms with Crippen LogP contribution in [0.5, 0.6) is 0 Å². The molecule has 29 heavy (non-hydrogen) atoms. The van der Waals surface area contributed by atoms with E-state index in [-0.39, 0.29) is 18.9 Å². The summed E-state index contributed by atoms with van der Waals surface area (Å²) < 4.78 is 15.3. The maximum absolute atomic E-state index is 12.3. The van der Waals surface area contributed by atoms with Gasteiger partial charge in [0.05, 0.1) is 7.11 Å². The summed E-state index contributed by atoms with van der Waals surface area (Å²) in [5.74, 6) is -0.828. The van der Waals surface area contributed by atoms with E-state index in [1.54, 1.807) is 12.1 Å². The first-order valence-electron chi connectivity index (χ1n) is 9.10. The minimum absolute atomic E-state index is 0.120. The first-order chi connectivity index (χ1) is 14.0. The van der Waals surface area contributed by atoms with E-state index >= 15 is 0 Å². The van der Waals surface area contributed by atoms with Crippen LogP contribution in [0.3, 0.4) is 0 Å². The van der Waals surface area contributed by atoms with E-state index in [9.17, 15) is 14.4 Å².